The number of amides is 1. The first-order valence-corrected chi connectivity index (χ1v) is 4.28. The monoisotopic (exact) mass is 261 g/mol. The summed E-state index contributed by atoms with van der Waals surface area (Å²) in [4.78, 5) is 10.1. The van der Waals surface area contributed by atoms with E-state index in [1.54, 1.807) is 0 Å². The highest BCUT2D eigenvalue weighted by atomic mass is 127. The lowest BCUT2D eigenvalue weighted by molar-refractivity contribution is -0.105. The molecular weight excluding hydrogens is 253 g/mol. The Morgan fingerprint density at radius 3 is 2.82 bits per heavy atom. The molecule has 11 heavy (non-hydrogen) atoms. The molecule has 0 saturated carbocycles. The average Bonchev–Trinajstić information content (AvgIpc) is 1.98. The Hall–Kier alpha value is -0.580. The van der Waals surface area contributed by atoms with Crippen LogP contribution in [0.25, 0.3) is 0 Å². The first kappa shape index (κ1) is 8.52. The highest BCUT2D eigenvalue weighted by Crippen LogP contribution is 2.15. The summed E-state index contributed by atoms with van der Waals surface area (Å²) in [6.45, 7) is 2.01. The van der Waals surface area contributed by atoms with Gasteiger partial charge in [0.1, 0.15) is 0 Å². The first-order valence-electron chi connectivity index (χ1n) is 3.20. The van der Waals surface area contributed by atoms with Crippen LogP contribution in [-0.4, -0.2) is 6.41 Å². The fraction of sp³-hybridized carbons (Fsp3) is 0.125. The summed E-state index contributed by atoms with van der Waals surface area (Å²) in [7, 11) is 0. The lowest BCUT2D eigenvalue weighted by atomic mass is 10.2. The van der Waals surface area contributed by atoms with Crippen molar-refractivity contribution in [3.8, 4) is 0 Å². The molecule has 1 N–H and O–H groups in total. The number of halogens is 1. The van der Waals surface area contributed by atoms with Gasteiger partial charge in [-0.25, -0.2) is 0 Å². The molecule has 3 heteroatoms. The van der Waals surface area contributed by atoms with E-state index in [1.807, 2.05) is 25.1 Å². The van der Waals surface area contributed by atoms with Crippen molar-refractivity contribution >= 4 is 34.7 Å². The molecule has 0 atom stereocenters. The maximum Gasteiger partial charge on any atom is 0.211 e. The molecule has 0 fully saturated rings. The Balaban J connectivity index is 2.95. The molecule has 0 bridgehead atoms. The third kappa shape index (κ3) is 2.18. The van der Waals surface area contributed by atoms with E-state index < -0.39 is 0 Å². The van der Waals surface area contributed by atoms with Crippen LogP contribution in [0.3, 0.4) is 0 Å². The van der Waals surface area contributed by atoms with E-state index in [0.29, 0.717) is 6.41 Å². The number of benzene rings is 1. The number of aryl methyl sites for hydroxylation is 1. The zero-order valence-electron chi connectivity index (χ0n) is 6.10. The zero-order valence-corrected chi connectivity index (χ0v) is 8.25. The summed E-state index contributed by atoms with van der Waals surface area (Å²) in [6, 6.07) is 5.79. The zero-order chi connectivity index (χ0) is 8.27. The number of hydrogen-bond donors (Lipinski definition) is 1. The number of rotatable bonds is 2. The van der Waals surface area contributed by atoms with E-state index in [4.69, 9.17) is 0 Å². The summed E-state index contributed by atoms with van der Waals surface area (Å²) in [5.74, 6) is 0. The lowest BCUT2D eigenvalue weighted by Gasteiger charge is -2.01. The van der Waals surface area contributed by atoms with Crippen molar-refractivity contribution in [2.45, 2.75) is 6.92 Å². The molecule has 0 aliphatic carbocycles. The molecule has 0 aliphatic heterocycles. The second-order valence-electron chi connectivity index (χ2n) is 2.23. The van der Waals surface area contributed by atoms with Gasteiger partial charge in [0.05, 0.1) is 0 Å². The maximum atomic E-state index is 10.1. The van der Waals surface area contributed by atoms with E-state index in [9.17, 15) is 4.79 Å². The molecule has 0 aliphatic rings. The van der Waals surface area contributed by atoms with Crippen LogP contribution in [0.1, 0.15) is 5.56 Å². The first-order chi connectivity index (χ1) is 5.24. The fourth-order valence-corrected chi connectivity index (χ4v) is 1.14. The Kier molecular flexibility index (Phi) is 2.87. The number of carbonyl (C=O) groups excluding carboxylic acids is 1. The van der Waals surface area contributed by atoms with Crippen molar-refractivity contribution in [1.29, 1.82) is 0 Å². The molecule has 0 radical (unpaired) electrons. The summed E-state index contributed by atoms with van der Waals surface area (Å²) in [5, 5.41) is 2.59. The van der Waals surface area contributed by atoms with Gasteiger partial charge >= 0.3 is 0 Å². The van der Waals surface area contributed by atoms with E-state index in [1.165, 1.54) is 9.13 Å². The Morgan fingerprint density at radius 1 is 1.55 bits per heavy atom. The molecule has 1 aromatic rings. The van der Waals surface area contributed by atoms with Crippen LogP contribution >= 0.6 is 22.6 Å². The summed E-state index contributed by atoms with van der Waals surface area (Å²) >= 11 is 2.25. The van der Waals surface area contributed by atoms with Crippen LogP contribution in [0, 0.1) is 10.5 Å². The van der Waals surface area contributed by atoms with E-state index in [0.717, 1.165) is 5.69 Å². The van der Waals surface area contributed by atoms with Gasteiger partial charge in [-0.1, -0.05) is 0 Å². The van der Waals surface area contributed by atoms with E-state index >= 15 is 0 Å². The molecule has 0 saturated heterocycles. The van der Waals surface area contributed by atoms with Crippen LogP contribution < -0.4 is 5.32 Å². The lowest BCUT2D eigenvalue weighted by Crippen LogP contribution is -1.94. The number of hydrogen-bond acceptors (Lipinski definition) is 1. The van der Waals surface area contributed by atoms with E-state index in [2.05, 4.69) is 27.9 Å². The summed E-state index contributed by atoms with van der Waals surface area (Å²) < 4.78 is 1.21. The fourth-order valence-electron chi connectivity index (χ4n) is 0.803. The van der Waals surface area contributed by atoms with Crippen molar-refractivity contribution < 1.29 is 4.79 Å². The van der Waals surface area contributed by atoms with Gasteiger partial charge in [0.15, 0.2) is 0 Å². The highest BCUT2D eigenvalue weighted by molar-refractivity contribution is 14.1. The molecule has 0 unspecified atom stereocenters. The highest BCUT2D eigenvalue weighted by Gasteiger charge is 1.94. The minimum Gasteiger partial charge on any atom is -0.329 e. The normalized spacial score (nSPS) is 9.27. The molecule has 1 amide bonds. The van der Waals surface area contributed by atoms with Crippen molar-refractivity contribution in [3.63, 3.8) is 0 Å². The van der Waals surface area contributed by atoms with Gasteiger partial charge in [0.25, 0.3) is 0 Å². The third-order valence-corrected chi connectivity index (χ3v) is 2.59. The molecule has 58 valence electrons. The van der Waals surface area contributed by atoms with E-state index in [-0.39, 0.29) is 0 Å². The molecule has 2 nitrogen and oxygen atoms in total. The average molecular weight is 261 g/mol. The second-order valence-corrected chi connectivity index (χ2v) is 3.39. The van der Waals surface area contributed by atoms with Gasteiger partial charge in [0.2, 0.25) is 6.41 Å². The molecular formula is C8H8INO. The van der Waals surface area contributed by atoms with Crippen molar-refractivity contribution in [2.75, 3.05) is 5.32 Å². The predicted molar refractivity (Wildman–Crippen MR) is 53.6 cm³/mol. The minimum absolute atomic E-state index is 0.682. The summed E-state index contributed by atoms with van der Waals surface area (Å²) in [5.41, 5.74) is 2.02. The van der Waals surface area contributed by atoms with Crippen molar-refractivity contribution in [3.05, 3.63) is 27.3 Å². The van der Waals surface area contributed by atoms with Crippen LogP contribution in [0.15, 0.2) is 18.2 Å². The predicted octanol–water partition coefficient (Wildman–Crippen LogP) is 2.17. The smallest absolute Gasteiger partial charge is 0.211 e. The SMILES string of the molecule is Cc1cc(NC=O)ccc1I. The molecule has 1 aromatic carbocycles. The Morgan fingerprint density at radius 2 is 2.27 bits per heavy atom. The van der Waals surface area contributed by atoms with Gasteiger partial charge in [-0.2, -0.15) is 0 Å². The standard InChI is InChI=1S/C8H8INO/c1-6-4-7(10-5-11)2-3-8(6)9/h2-5H,1H3,(H,10,11). The quantitative estimate of drug-likeness (QED) is 0.641. The van der Waals surface area contributed by atoms with Crippen LogP contribution in [0.2, 0.25) is 0 Å². The second kappa shape index (κ2) is 3.71. The Bertz CT molecular complexity index is 273. The summed E-state index contributed by atoms with van der Waals surface area (Å²) in [6.07, 6.45) is 0.682. The molecule has 0 heterocycles. The third-order valence-electron chi connectivity index (χ3n) is 1.38. The maximum absolute atomic E-state index is 10.1. The Labute approximate surface area is 79.1 Å². The number of carbonyl (C=O) groups is 1. The van der Waals surface area contributed by atoms with Crippen molar-refractivity contribution in [2.24, 2.45) is 0 Å². The molecule has 1 rings (SSSR count). The van der Waals surface area contributed by atoms with Gasteiger partial charge < -0.3 is 5.32 Å². The number of nitrogens with one attached hydrogen (secondary N) is 1. The van der Waals surface area contributed by atoms with Crippen LogP contribution in [-0.2, 0) is 4.79 Å². The van der Waals surface area contributed by atoms with Gasteiger partial charge in [-0.05, 0) is 53.3 Å². The van der Waals surface area contributed by atoms with Crippen LogP contribution in [0.5, 0.6) is 0 Å². The molecule has 0 aromatic heterocycles. The van der Waals surface area contributed by atoms with Crippen molar-refractivity contribution in [1.82, 2.24) is 0 Å². The topological polar surface area (TPSA) is 29.1 Å². The largest absolute Gasteiger partial charge is 0.329 e. The van der Waals surface area contributed by atoms with Gasteiger partial charge in [0, 0.05) is 9.26 Å². The minimum atomic E-state index is 0.682. The number of anilines is 1. The van der Waals surface area contributed by atoms with Gasteiger partial charge in [-0.3, -0.25) is 4.79 Å². The molecule has 0 spiro atoms. The van der Waals surface area contributed by atoms with Crippen LogP contribution in [0.4, 0.5) is 5.69 Å². The van der Waals surface area contributed by atoms with Gasteiger partial charge in [-0.15, -0.1) is 0 Å².